The van der Waals surface area contributed by atoms with Crippen LogP contribution in [-0.4, -0.2) is 33.9 Å². The van der Waals surface area contributed by atoms with Crippen molar-refractivity contribution in [1.29, 1.82) is 0 Å². The van der Waals surface area contributed by atoms with Gasteiger partial charge in [0.25, 0.3) is 6.29 Å². The summed E-state index contributed by atoms with van der Waals surface area (Å²) < 4.78 is 8.70. The summed E-state index contributed by atoms with van der Waals surface area (Å²) >= 11 is 0.922. The molecule has 1 aromatic carbocycles. The van der Waals surface area contributed by atoms with E-state index in [4.69, 9.17) is 15.3 Å². The van der Waals surface area contributed by atoms with Crippen LogP contribution in [0.2, 0.25) is 0 Å². The number of rotatable bonds is 6. The first-order chi connectivity index (χ1) is 10.6. The lowest BCUT2D eigenvalue weighted by molar-refractivity contribution is 0.0526. The summed E-state index contributed by atoms with van der Waals surface area (Å²) in [5, 5.41) is 3.81. The van der Waals surface area contributed by atoms with Gasteiger partial charge < -0.3 is 15.3 Å². The second-order valence-corrected chi connectivity index (χ2v) is 4.62. The van der Waals surface area contributed by atoms with Gasteiger partial charge in [0.1, 0.15) is 0 Å². The number of esters is 1. The van der Waals surface area contributed by atoms with Crippen molar-refractivity contribution in [3.8, 4) is 5.75 Å². The van der Waals surface area contributed by atoms with Crippen LogP contribution in [0.3, 0.4) is 0 Å². The van der Waals surface area contributed by atoms with Crippen molar-refractivity contribution in [2.45, 2.75) is 6.92 Å². The van der Waals surface area contributed by atoms with Gasteiger partial charge in [0, 0.05) is 11.5 Å². The van der Waals surface area contributed by atoms with Crippen LogP contribution in [-0.2, 0) is 9.53 Å². The zero-order valence-electron chi connectivity index (χ0n) is 11.5. The zero-order valence-corrected chi connectivity index (χ0v) is 12.3. The number of carbonyl (C=O) groups excluding carboxylic acids is 2. The maximum atomic E-state index is 11.6. The topological polar surface area (TPSA) is 117 Å². The number of carbonyl (C=O) groups is 1. The Morgan fingerprint density at radius 2 is 2.32 bits per heavy atom. The van der Waals surface area contributed by atoms with Crippen molar-refractivity contribution in [3.05, 3.63) is 35.7 Å². The number of oxime groups is 1. The Bertz CT molecular complexity index is 714. The second kappa shape index (κ2) is 7.27. The van der Waals surface area contributed by atoms with Crippen molar-refractivity contribution >= 4 is 34.6 Å². The zero-order chi connectivity index (χ0) is 15.9. The predicted octanol–water partition coefficient (Wildman–Crippen LogP) is 1.19. The highest BCUT2D eigenvalue weighted by Crippen LogP contribution is 2.15. The first-order valence-electron chi connectivity index (χ1n) is 6.14. The number of benzene rings is 1. The number of nitrogen functional groups attached to an aromatic ring is 1. The van der Waals surface area contributed by atoms with Crippen LogP contribution in [0, 0.1) is 0 Å². The Hall–Kier alpha value is -2.81. The minimum absolute atomic E-state index is 0.0269. The number of ether oxygens (including phenoxy) is 1. The third kappa shape index (κ3) is 3.85. The van der Waals surface area contributed by atoms with Gasteiger partial charge in [-0.3, -0.25) is 4.79 Å². The summed E-state index contributed by atoms with van der Waals surface area (Å²) in [5.74, 6) is -0.200. The third-order valence-corrected chi connectivity index (χ3v) is 2.88. The van der Waals surface area contributed by atoms with Crippen LogP contribution in [0.4, 0.5) is 5.13 Å². The number of aromatic nitrogens is 2. The molecule has 0 aliphatic rings. The van der Waals surface area contributed by atoms with Crippen molar-refractivity contribution in [1.82, 2.24) is 9.36 Å². The van der Waals surface area contributed by atoms with Crippen LogP contribution in [0.5, 0.6) is 5.75 Å². The summed E-state index contributed by atoms with van der Waals surface area (Å²) in [4.78, 5) is 31.4. The molecule has 0 aliphatic heterocycles. The minimum Gasteiger partial charge on any atom is -0.462 e. The summed E-state index contributed by atoms with van der Waals surface area (Å²) in [7, 11) is 0. The molecule has 1 aromatic heterocycles. The van der Waals surface area contributed by atoms with Gasteiger partial charge in [-0.15, -0.1) is 0 Å². The first-order valence-corrected chi connectivity index (χ1v) is 6.91. The molecule has 0 fully saturated rings. The quantitative estimate of drug-likeness (QED) is 0.483. The Morgan fingerprint density at radius 1 is 1.50 bits per heavy atom. The summed E-state index contributed by atoms with van der Waals surface area (Å²) in [5.41, 5.74) is 5.51. The fraction of sp³-hybridized carbons (Fsp3) is 0.154. The van der Waals surface area contributed by atoms with Crippen molar-refractivity contribution in [2.24, 2.45) is 5.16 Å². The van der Waals surface area contributed by atoms with E-state index in [1.807, 2.05) is 0 Å². The molecule has 0 unspecified atom stereocenters. The van der Waals surface area contributed by atoms with Gasteiger partial charge in [-0.1, -0.05) is 11.2 Å². The van der Waals surface area contributed by atoms with Gasteiger partial charge in [-0.2, -0.15) is 9.36 Å². The lowest BCUT2D eigenvalue weighted by Gasteiger charge is -2.03. The summed E-state index contributed by atoms with van der Waals surface area (Å²) in [6, 6.07) is 6.18. The molecule has 2 aromatic rings. The Morgan fingerprint density at radius 3 is 2.95 bits per heavy atom. The molecule has 0 aliphatic carbocycles. The lowest BCUT2D eigenvalue weighted by atomic mass is 10.2. The summed E-state index contributed by atoms with van der Waals surface area (Å²) in [6.45, 7) is 1.98. The predicted molar refractivity (Wildman–Crippen MR) is 79.6 cm³/mol. The molecule has 0 spiro atoms. The Kier molecular flexibility index (Phi) is 5.15. The van der Waals surface area contributed by atoms with Crippen molar-refractivity contribution in [2.75, 3.05) is 12.3 Å². The molecule has 1 heterocycles. The fourth-order valence-electron chi connectivity index (χ4n) is 1.43. The smallest absolute Gasteiger partial charge is 0.338 e. The van der Waals surface area contributed by atoms with E-state index >= 15 is 0 Å². The molecule has 0 amide bonds. The van der Waals surface area contributed by atoms with Gasteiger partial charge in [0.05, 0.1) is 12.2 Å². The van der Waals surface area contributed by atoms with E-state index in [0.717, 1.165) is 11.5 Å². The molecule has 113 valence electrons. The minimum atomic E-state index is -0.479. The molecule has 2 rings (SSSR count). The third-order valence-electron chi connectivity index (χ3n) is 2.34. The molecule has 0 atom stereocenters. The molecular formula is C13H11N4O4S. The number of hydrogen-bond acceptors (Lipinski definition) is 9. The van der Waals surface area contributed by atoms with E-state index in [9.17, 15) is 9.59 Å². The van der Waals surface area contributed by atoms with Gasteiger partial charge in [-0.05, 0) is 25.1 Å². The summed E-state index contributed by atoms with van der Waals surface area (Å²) in [6.07, 6.45) is 1.57. The molecule has 22 heavy (non-hydrogen) atoms. The average Bonchev–Trinajstić information content (AvgIpc) is 2.95. The number of nitrogens with two attached hydrogens (primary N) is 1. The monoisotopic (exact) mass is 319 g/mol. The van der Waals surface area contributed by atoms with Crippen LogP contribution >= 0.6 is 11.5 Å². The van der Waals surface area contributed by atoms with Crippen molar-refractivity contribution < 1.29 is 19.2 Å². The molecule has 0 saturated carbocycles. The van der Waals surface area contributed by atoms with Crippen molar-refractivity contribution in [3.63, 3.8) is 0 Å². The molecule has 9 heteroatoms. The van der Waals surface area contributed by atoms with Gasteiger partial charge >= 0.3 is 5.97 Å². The highest BCUT2D eigenvalue weighted by Gasteiger charge is 2.12. The lowest BCUT2D eigenvalue weighted by Crippen LogP contribution is -2.07. The largest absolute Gasteiger partial charge is 0.462 e. The highest BCUT2D eigenvalue weighted by atomic mass is 32.1. The molecule has 0 saturated heterocycles. The number of anilines is 1. The Labute approximate surface area is 129 Å². The van der Waals surface area contributed by atoms with E-state index < -0.39 is 5.97 Å². The normalized spacial score (nSPS) is 11.0. The molecule has 8 nitrogen and oxygen atoms in total. The van der Waals surface area contributed by atoms with E-state index in [1.54, 1.807) is 31.4 Å². The molecule has 2 N–H and O–H groups in total. The maximum absolute atomic E-state index is 11.6. The number of hydrogen-bond donors (Lipinski definition) is 1. The van der Waals surface area contributed by atoms with E-state index in [-0.39, 0.29) is 29.0 Å². The van der Waals surface area contributed by atoms with E-state index in [1.165, 1.54) is 6.07 Å². The van der Waals surface area contributed by atoms with Crippen LogP contribution in [0.1, 0.15) is 23.1 Å². The van der Waals surface area contributed by atoms with E-state index in [0.29, 0.717) is 5.56 Å². The molecule has 1 radical (unpaired) electrons. The SMILES string of the molecule is CCOC(=O)c1cccc(O/N=C(\[C]=O)c2nsc(N)n2)c1. The van der Waals surface area contributed by atoms with Gasteiger partial charge in [0.15, 0.2) is 16.6 Å². The average molecular weight is 319 g/mol. The maximum Gasteiger partial charge on any atom is 0.338 e. The standard InChI is InChI=1S/C13H11N4O4S/c1-2-20-12(19)8-4-3-5-9(6-8)21-16-10(7-18)11-15-13(14)22-17-11/h3-6H,2H2,1H3,(H2,14,15,17)/b16-10+. The van der Waals surface area contributed by atoms with Gasteiger partial charge in [0.2, 0.25) is 5.82 Å². The number of nitrogens with zero attached hydrogens (tertiary/aromatic N) is 3. The van der Waals surface area contributed by atoms with Crippen LogP contribution in [0.15, 0.2) is 29.4 Å². The van der Waals surface area contributed by atoms with Crippen LogP contribution in [0.25, 0.3) is 0 Å². The fourth-order valence-corrected chi connectivity index (χ4v) is 1.86. The molecule has 0 bridgehead atoms. The van der Waals surface area contributed by atoms with E-state index in [2.05, 4.69) is 14.5 Å². The molecular weight excluding hydrogens is 308 g/mol. The van der Waals surface area contributed by atoms with Gasteiger partial charge in [-0.25, -0.2) is 4.79 Å². The highest BCUT2D eigenvalue weighted by molar-refractivity contribution is 7.09. The van der Waals surface area contributed by atoms with Crippen LogP contribution < -0.4 is 10.6 Å². The second-order valence-electron chi connectivity index (χ2n) is 3.84. The first kappa shape index (κ1) is 15.6. The Balaban J connectivity index is 2.16.